The molecule has 0 unspecified atom stereocenters. The zero-order chi connectivity index (χ0) is 16.5. The summed E-state index contributed by atoms with van der Waals surface area (Å²) in [5, 5.41) is 5.96. The van der Waals surface area contributed by atoms with Crippen molar-refractivity contribution in [3.63, 3.8) is 0 Å². The molecular formula is C17H22N4O2. The summed E-state index contributed by atoms with van der Waals surface area (Å²) in [5.74, 6) is 1.29. The number of hydrogen-bond acceptors (Lipinski definition) is 5. The number of carbonyl (C=O) groups is 1. The molecule has 0 bridgehead atoms. The number of aromatic nitrogens is 2. The monoisotopic (exact) mass is 314 g/mol. The third-order valence-corrected chi connectivity index (χ3v) is 3.30. The van der Waals surface area contributed by atoms with Crippen molar-refractivity contribution < 1.29 is 9.53 Å². The van der Waals surface area contributed by atoms with Gasteiger partial charge in [-0.2, -0.15) is 0 Å². The van der Waals surface area contributed by atoms with Crippen molar-refractivity contribution in [1.29, 1.82) is 0 Å². The highest BCUT2D eigenvalue weighted by Crippen LogP contribution is 2.11. The lowest BCUT2D eigenvalue weighted by Crippen LogP contribution is -2.26. The molecule has 122 valence electrons. The summed E-state index contributed by atoms with van der Waals surface area (Å²) in [6.07, 6.45) is 4.82. The van der Waals surface area contributed by atoms with Crippen molar-refractivity contribution in [2.75, 3.05) is 25.5 Å². The predicted molar refractivity (Wildman–Crippen MR) is 89.8 cm³/mol. The molecule has 1 amide bonds. The first-order valence-electron chi connectivity index (χ1n) is 7.70. The molecule has 0 aliphatic carbocycles. The van der Waals surface area contributed by atoms with Gasteiger partial charge in [-0.25, -0.2) is 9.97 Å². The summed E-state index contributed by atoms with van der Waals surface area (Å²) in [4.78, 5) is 20.3. The third-order valence-electron chi connectivity index (χ3n) is 3.30. The molecule has 23 heavy (non-hydrogen) atoms. The number of amides is 1. The molecule has 1 heterocycles. The molecule has 6 heteroatoms. The molecule has 0 aliphatic heterocycles. The Kier molecular flexibility index (Phi) is 6.35. The van der Waals surface area contributed by atoms with Crippen LogP contribution in [0.25, 0.3) is 0 Å². The fraction of sp³-hybridized carbons (Fsp3) is 0.353. The Balaban J connectivity index is 1.79. The summed E-state index contributed by atoms with van der Waals surface area (Å²) in [5.41, 5.74) is 1.46. The Bertz CT molecular complexity index is 611. The Morgan fingerprint density at radius 2 is 1.91 bits per heavy atom. The maximum absolute atomic E-state index is 12.0. The molecule has 1 aromatic carbocycles. The first kappa shape index (κ1) is 16.7. The zero-order valence-corrected chi connectivity index (χ0v) is 13.5. The van der Waals surface area contributed by atoms with Crippen LogP contribution in [0.4, 0.5) is 5.82 Å². The topological polar surface area (TPSA) is 76.1 Å². The Hall–Kier alpha value is -2.63. The molecule has 0 atom stereocenters. The van der Waals surface area contributed by atoms with Crippen LogP contribution >= 0.6 is 0 Å². The summed E-state index contributed by atoms with van der Waals surface area (Å²) in [7, 11) is 1.64. The quantitative estimate of drug-likeness (QED) is 0.782. The maximum Gasteiger partial charge on any atom is 0.271 e. The van der Waals surface area contributed by atoms with Crippen LogP contribution in [0.1, 0.15) is 29.4 Å². The minimum Gasteiger partial charge on any atom is -0.497 e. The van der Waals surface area contributed by atoms with E-state index < -0.39 is 0 Å². The van der Waals surface area contributed by atoms with Gasteiger partial charge in [-0.15, -0.1) is 0 Å². The Morgan fingerprint density at radius 3 is 2.52 bits per heavy atom. The van der Waals surface area contributed by atoms with Crippen molar-refractivity contribution in [2.45, 2.75) is 19.8 Å². The zero-order valence-electron chi connectivity index (χ0n) is 13.5. The molecule has 2 N–H and O–H groups in total. The van der Waals surface area contributed by atoms with E-state index in [1.165, 1.54) is 6.20 Å². The van der Waals surface area contributed by atoms with E-state index in [9.17, 15) is 4.79 Å². The molecular weight excluding hydrogens is 292 g/mol. The van der Waals surface area contributed by atoms with Crippen molar-refractivity contribution in [2.24, 2.45) is 0 Å². The maximum atomic E-state index is 12.0. The number of benzene rings is 1. The predicted octanol–water partition coefficient (Wildman–Crippen LogP) is 2.28. The summed E-state index contributed by atoms with van der Waals surface area (Å²) in [6, 6.07) is 7.79. The molecule has 2 rings (SSSR count). The normalized spacial score (nSPS) is 10.2. The molecule has 0 spiro atoms. The molecule has 2 aromatic rings. The van der Waals surface area contributed by atoms with Crippen molar-refractivity contribution in [1.82, 2.24) is 15.3 Å². The number of carbonyl (C=O) groups excluding carboxylic acids is 1. The minimum atomic E-state index is -0.215. The second kappa shape index (κ2) is 8.73. The Morgan fingerprint density at radius 1 is 1.13 bits per heavy atom. The lowest BCUT2D eigenvalue weighted by Gasteiger charge is -2.07. The van der Waals surface area contributed by atoms with Gasteiger partial charge in [0.05, 0.1) is 19.5 Å². The van der Waals surface area contributed by atoms with Crippen LogP contribution < -0.4 is 15.4 Å². The van der Waals surface area contributed by atoms with E-state index >= 15 is 0 Å². The van der Waals surface area contributed by atoms with E-state index in [2.05, 4.69) is 27.5 Å². The second-order valence-corrected chi connectivity index (χ2v) is 5.07. The molecule has 0 fully saturated rings. The number of rotatable bonds is 8. The van der Waals surface area contributed by atoms with Gasteiger partial charge in [0, 0.05) is 13.1 Å². The van der Waals surface area contributed by atoms with Crippen LogP contribution in [0.2, 0.25) is 0 Å². The van der Waals surface area contributed by atoms with E-state index in [1.54, 1.807) is 13.3 Å². The number of hydrogen-bond donors (Lipinski definition) is 2. The number of nitrogens with one attached hydrogen (secondary N) is 2. The van der Waals surface area contributed by atoms with Gasteiger partial charge < -0.3 is 15.4 Å². The fourth-order valence-corrected chi connectivity index (χ4v) is 1.99. The van der Waals surface area contributed by atoms with Crippen LogP contribution in [0.3, 0.4) is 0 Å². The highest BCUT2D eigenvalue weighted by Gasteiger charge is 2.07. The number of ether oxygens (including phenoxy) is 1. The largest absolute Gasteiger partial charge is 0.497 e. The van der Waals surface area contributed by atoms with Crippen molar-refractivity contribution in [3.05, 3.63) is 47.9 Å². The first-order valence-corrected chi connectivity index (χ1v) is 7.70. The molecule has 6 nitrogen and oxygen atoms in total. The van der Waals surface area contributed by atoms with Crippen molar-refractivity contribution in [3.8, 4) is 5.75 Å². The smallest absolute Gasteiger partial charge is 0.271 e. The average molecular weight is 314 g/mol. The van der Waals surface area contributed by atoms with Gasteiger partial charge >= 0.3 is 0 Å². The molecule has 0 aliphatic rings. The minimum absolute atomic E-state index is 0.215. The van der Waals surface area contributed by atoms with Gasteiger partial charge in [0.2, 0.25) is 0 Å². The van der Waals surface area contributed by atoms with Gasteiger partial charge in [0.25, 0.3) is 5.91 Å². The van der Waals surface area contributed by atoms with Gasteiger partial charge in [-0.3, -0.25) is 4.79 Å². The van der Waals surface area contributed by atoms with Gasteiger partial charge in [0.1, 0.15) is 17.3 Å². The summed E-state index contributed by atoms with van der Waals surface area (Å²) >= 11 is 0. The third kappa shape index (κ3) is 5.25. The van der Waals surface area contributed by atoms with Crippen LogP contribution in [0.15, 0.2) is 36.7 Å². The molecule has 0 radical (unpaired) electrons. The Labute approximate surface area is 136 Å². The van der Waals surface area contributed by atoms with Crippen LogP contribution in [0, 0.1) is 0 Å². The lowest BCUT2D eigenvalue weighted by atomic mass is 10.1. The molecule has 0 saturated carbocycles. The first-order chi connectivity index (χ1) is 11.2. The summed E-state index contributed by atoms with van der Waals surface area (Å²) in [6.45, 7) is 3.45. The number of methoxy groups -OCH3 is 1. The highest BCUT2D eigenvalue weighted by atomic mass is 16.5. The van der Waals surface area contributed by atoms with Crippen LogP contribution in [-0.4, -0.2) is 36.1 Å². The van der Waals surface area contributed by atoms with E-state index in [4.69, 9.17) is 4.74 Å². The molecule has 1 aromatic heterocycles. The standard InChI is InChI=1S/C17H22N4O2/c1-3-9-18-16-12-20-15(11-21-16)17(22)19-10-8-13-4-6-14(23-2)7-5-13/h4-7,11-12H,3,8-10H2,1-2H3,(H,18,21)(H,19,22). The average Bonchev–Trinajstić information content (AvgIpc) is 2.61. The van der Waals surface area contributed by atoms with Gasteiger partial charge in [0.15, 0.2) is 0 Å². The van der Waals surface area contributed by atoms with E-state index in [1.807, 2.05) is 24.3 Å². The van der Waals surface area contributed by atoms with Crippen LogP contribution in [0.5, 0.6) is 5.75 Å². The van der Waals surface area contributed by atoms with Crippen LogP contribution in [-0.2, 0) is 6.42 Å². The van der Waals surface area contributed by atoms with E-state index in [0.717, 1.165) is 30.7 Å². The molecule has 0 saturated heterocycles. The fourth-order valence-electron chi connectivity index (χ4n) is 1.99. The lowest BCUT2D eigenvalue weighted by molar-refractivity contribution is 0.0949. The number of nitrogens with zero attached hydrogens (tertiary/aromatic N) is 2. The van der Waals surface area contributed by atoms with Gasteiger partial charge in [-0.05, 0) is 30.5 Å². The second-order valence-electron chi connectivity index (χ2n) is 5.07. The SMILES string of the molecule is CCCNc1cnc(C(=O)NCCc2ccc(OC)cc2)cn1. The van der Waals surface area contributed by atoms with Crippen molar-refractivity contribution >= 4 is 11.7 Å². The van der Waals surface area contributed by atoms with E-state index in [-0.39, 0.29) is 5.91 Å². The van der Waals surface area contributed by atoms with E-state index in [0.29, 0.717) is 18.1 Å². The summed E-state index contributed by atoms with van der Waals surface area (Å²) < 4.78 is 5.11. The number of anilines is 1. The van der Waals surface area contributed by atoms with Gasteiger partial charge in [-0.1, -0.05) is 19.1 Å². The highest BCUT2D eigenvalue weighted by molar-refractivity contribution is 5.91.